The van der Waals surface area contributed by atoms with Crippen LogP contribution in [0, 0.1) is 0 Å². The van der Waals surface area contributed by atoms with Gasteiger partial charge in [0.15, 0.2) is 0 Å². The van der Waals surface area contributed by atoms with Crippen LogP contribution in [0.25, 0.3) is 0 Å². The molecule has 2 rings (SSSR count). The Labute approximate surface area is 134 Å². The molecule has 1 unspecified atom stereocenters. The average molecular weight is 405 g/mol. The van der Waals surface area contributed by atoms with Crippen molar-refractivity contribution in [1.29, 1.82) is 0 Å². The fraction of sp³-hybridized carbons (Fsp3) is 0.308. The van der Waals surface area contributed by atoms with Gasteiger partial charge in [0.05, 0.1) is 22.4 Å². The largest absolute Gasteiger partial charge is 0.311 e. The van der Waals surface area contributed by atoms with Gasteiger partial charge >= 0.3 is 0 Å². The Morgan fingerprint density at radius 2 is 2.05 bits per heavy atom. The van der Waals surface area contributed by atoms with Crippen molar-refractivity contribution in [2.45, 2.75) is 10.9 Å². The van der Waals surface area contributed by atoms with Crippen LogP contribution in [0.5, 0.6) is 0 Å². The number of aromatic nitrogens is 2. The van der Waals surface area contributed by atoms with E-state index in [2.05, 4.69) is 60.5 Å². The Kier molecular flexibility index (Phi) is 5.50. The highest BCUT2D eigenvalue weighted by Gasteiger charge is 2.17. The Balaban J connectivity index is 2.11. The van der Waals surface area contributed by atoms with E-state index >= 15 is 0 Å². The molecular weight excluding hydrogens is 390 g/mol. The molecule has 2 aromatic rings. The van der Waals surface area contributed by atoms with Crippen molar-refractivity contribution in [1.82, 2.24) is 15.1 Å². The SMILES string of the molecule is CNC(CSc1ccccc1Br)c1c(Br)cnn1C. The van der Waals surface area contributed by atoms with Crippen LogP contribution in [0.1, 0.15) is 11.7 Å². The van der Waals surface area contributed by atoms with E-state index in [1.165, 1.54) is 10.6 Å². The van der Waals surface area contributed by atoms with Gasteiger partial charge in [0, 0.05) is 22.2 Å². The maximum atomic E-state index is 4.27. The number of aryl methyl sites for hydroxylation is 1. The van der Waals surface area contributed by atoms with Crippen LogP contribution in [0.3, 0.4) is 0 Å². The van der Waals surface area contributed by atoms with Gasteiger partial charge in [-0.1, -0.05) is 12.1 Å². The molecule has 0 aliphatic heterocycles. The predicted octanol–water partition coefficient (Wildman–Crippen LogP) is 4.00. The maximum Gasteiger partial charge on any atom is 0.0700 e. The van der Waals surface area contributed by atoms with E-state index in [9.17, 15) is 0 Å². The van der Waals surface area contributed by atoms with E-state index in [-0.39, 0.29) is 6.04 Å². The molecule has 19 heavy (non-hydrogen) atoms. The zero-order valence-corrected chi connectivity index (χ0v) is 14.7. The van der Waals surface area contributed by atoms with Crippen LogP contribution in [-0.4, -0.2) is 22.6 Å². The summed E-state index contributed by atoms with van der Waals surface area (Å²) in [4.78, 5) is 1.25. The third-order valence-corrected chi connectivity index (χ3v) is 5.59. The van der Waals surface area contributed by atoms with Gasteiger partial charge < -0.3 is 5.32 Å². The quantitative estimate of drug-likeness (QED) is 0.763. The molecule has 0 bridgehead atoms. The first-order valence-corrected chi connectivity index (χ1v) is 8.42. The fourth-order valence-electron chi connectivity index (χ4n) is 1.85. The lowest BCUT2D eigenvalue weighted by Crippen LogP contribution is -2.22. The van der Waals surface area contributed by atoms with Crippen LogP contribution in [0.2, 0.25) is 0 Å². The Bertz CT molecular complexity index is 537. The van der Waals surface area contributed by atoms with Gasteiger partial charge in [-0.15, -0.1) is 11.8 Å². The highest BCUT2D eigenvalue weighted by Crippen LogP contribution is 2.32. The molecule has 0 fully saturated rings. The minimum Gasteiger partial charge on any atom is -0.311 e. The van der Waals surface area contributed by atoms with Gasteiger partial charge in [0.2, 0.25) is 0 Å². The molecule has 0 saturated carbocycles. The highest BCUT2D eigenvalue weighted by atomic mass is 79.9. The Morgan fingerprint density at radius 1 is 1.32 bits per heavy atom. The van der Waals surface area contributed by atoms with Gasteiger partial charge in [0.1, 0.15) is 0 Å². The van der Waals surface area contributed by atoms with Crippen molar-refractivity contribution in [3.63, 3.8) is 0 Å². The van der Waals surface area contributed by atoms with E-state index in [0.717, 1.165) is 14.7 Å². The summed E-state index contributed by atoms with van der Waals surface area (Å²) in [6, 6.07) is 8.53. The second-order valence-electron chi connectivity index (χ2n) is 4.08. The molecule has 3 nitrogen and oxygen atoms in total. The lowest BCUT2D eigenvalue weighted by atomic mass is 10.2. The minimum absolute atomic E-state index is 0.249. The van der Waals surface area contributed by atoms with Crippen molar-refractivity contribution >= 4 is 43.6 Å². The third-order valence-electron chi connectivity index (χ3n) is 2.86. The molecule has 1 N–H and O–H groups in total. The van der Waals surface area contributed by atoms with Gasteiger partial charge in [0.25, 0.3) is 0 Å². The monoisotopic (exact) mass is 403 g/mol. The summed E-state index contributed by atoms with van der Waals surface area (Å²) in [5.74, 6) is 0.942. The average Bonchev–Trinajstić information content (AvgIpc) is 2.73. The van der Waals surface area contributed by atoms with Crippen molar-refractivity contribution in [3.8, 4) is 0 Å². The Morgan fingerprint density at radius 3 is 2.63 bits per heavy atom. The summed E-state index contributed by atoms with van der Waals surface area (Å²) in [5.41, 5.74) is 1.17. The lowest BCUT2D eigenvalue weighted by molar-refractivity contribution is 0.583. The first-order valence-electron chi connectivity index (χ1n) is 5.85. The molecule has 0 saturated heterocycles. The van der Waals surface area contributed by atoms with Crippen LogP contribution in [0.4, 0.5) is 0 Å². The summed E-state index contributed by atoms with van der Waals surface area (Å²) in [6.45, 7) is 0. The second kappa shape index (κ2) is 6.92. The van der Waals surface area contributed by atoms with Crippen LogP contribution < -0.4 is 5.32 Å². The molecule has 0 spiro atoms. The number of rotatable bonds is 5. The molecule has 0 amide bonds. The number of hydrogen-bond acceptors (Lipinski definition) is 3. The van der Waals surface area contributed by atoms with Gasteiger partial charge in [-0.05, 0) is 51.0 Å². The van der Waals surface area contributed by atoms with Gasteiger partial charge in [-0.2, -0.15) is 5.10 Å². The van der Waals surface area contributed by atoms with Crippen molar-refractivity contribution in [3.05, 3.63) is 45.1 Å². The smallest absolute Gasteiger partial charge is 0.0700 e. The van der Waals surface area contributed by atoms with Crippen LogP contribution >= 0.6 is 43.6 Å². The molecule has 0 aliphatic rings. The number of nitrogens with zero attached hydrogens (tertiary/aromatic N) is 2. The topological polar surface area (TPSA) is 29.9 Å². The molecule has 102 valence electrons. The fourth-order valence-corrected chi connectivity index (χ4v) is 4.15. The number of benzene rings is 1. The lowest BCUT2D eigenvalue weighted by Gasteiger charge is -2.17. The number of halogens is 2. The zero-order valence-electron chi connectivity index (χ0n) is 10.7. The second-order valence-corrected chi connectivity index (χ2v) is 6.85. The first-order chi connectivity index (χ1) is 9.13. The van der Waals surface area contributed by atoms with E-state index in [0.29, 0.717) is 0 Å². The maximum absolute atomic E-state index is 4.27. The van der Waals surface area contributed by atoms with Gasteiger partial charge in [-0.25, -0.2) is 0 Å². The highest BCUT2D eigenvalue weighted by molar-refractivity contribution is 9.10. The Hall–Kier alpha value is -0.300. The first kappa shape index (κ1) is 15.1. The van der Waals surface area contributed by atoms with Crippen LogP contribution in [-0.2, 0) is 7.05 Å². The number of nitrogens with one attached hydrogen (secondary N) is 1. The van der Waals surface area contributed by atoms with Crippen LogP contribution in [0.15, 0.2) is 44.3 Å². The van der Waals surface area contributed by atoms with E-state index in [4.69, 9.17) is 0 Å². The molecule has 0 radical (unpaired) electrons. The molecule has 1 aromatic heterocycles. The third kappa shape index (κ3) is 3.62. The van der Waals surface area contributed by atoms with E-state index < -0.39 is 0 Å². The predicted molar refractivity (Wildman–Crippen MR) is 87.6 cm³/mol. The molecule has 1 heterocycles. The molecular formula is C13H15Br2N3S. The number of hydrogen-bond donors (Lipinski definition) is 1. The summed E-state index contributed by atoms with van der Waals surface area (Å²) >= 11 is 8.96. The van der Waals surface area contributed by atoms with Crippen molar-refractivity contribution in [2.75, 3.05) is 12.8 Å². The zero-order chi connectivity index (χ0) is 13.8. The minimum atomic E-state index is 0.249. The van der Waals surface area contributed by atoms with E-state index in [1.807, 2.05) is 42.8 Å². The molecule has 6 heteroatoms. The van der Waals surface area contributed by atoms with E-state index in [1.54, 1.807) is 0 Å². The van der Waals surface area contributed by atoms with Gasteiger partial charge in [-0.3, -0.25) is 4.68 Å². The number of thioether (sulfide) groups is 1. The normalized spacial score (nSPS) is 12.6. The molecule has 1 aromatic carbocycles. The summed E-state index contributed by atoms with van der Waals surface area (Å²) in [5, 5.41) is 7.62. The molecule has 0 aliphatic carbocycles. The summed E-state index contributed by atoms with van der Waals surface area (Å²) in [6.07, 6.45) is 1.84. The van der Waals surface area contributed by atoms with Crippen molar-refractivity contribution < 1.29 is 0 Å². The molecule has 1 atom stereocenters. The van der Waals surface area contributed by atoms with Crippen molar-refractivity contribution in [2.24, 2.45) is 7.05 Å². The summed E-state index contributed by atoms with van der Waals surface area (Å²) < 4.78 is 4.09. The standard InChI is InChI=1S/C13H15Br2N3S/c1-16-11(13-10(15)7-17-18(13)2)8-19-12-6-4-3-5-9(12)14/h3-7,11,16H,8H2,1-2H3. The summed E-state index contributed by atoms with van der Waals surface area (Å²) in [7, 11) is 3.94.